The minimum atomic E-state index is 0.527. The maximum Gasteiger partial charge on any atom is 0.0394 e. The zero-order valence-corrected chi connectivity index (χ0v) is 8.57. The summed E-state index contributed by atoms with van der Waals surface area (Å²) in [6.07, 6.45) is 5.19. The van der Waals surface area contributed by atoms with Gasteiger partial charge in [0.1, 0.15) is 0 Å². The van der Waals surface area contributed by atoms with E-state index in [0.29, 0.717) is 5.92 Å². The molecule has 0 aliphatic heterocycles. The van der Waals surface area contributed by atoms with E-state index in [1.54, 1.807) is 0 Å². The SMILES string of the molecule is C/C=C(Cl)\C(=C/CC)C(C)C. The highest BCUT2D eigenvalue weighted by Crippen LogP contribution is 2.22. The van der Waals surface area contributed by atoms with E-state index >= 15 is 0 Å². The second-order valence-electron chi connectivity index (χ2n) is 2.86. The molecule has 0 rings (SSSR count). The van der Waals surface area contributed by atoms with Gasteiger partial charge in [0, 0.05) is 5.03 Å². The van der Waals surface area contributed by atoms with Gasteiger partial charge in [-0.05, 0) is 24.8 Å². The Morgan fingerprint density at radius 1 is 1.45 bits per heavy atom. The van der Waals surface area contributed by atoms with Crippen molar-refractivity contribution in [2.24, 2.45) is 5.92 Å². The highest BCUT2D eigenvalue weighted by molar-refractivity contribution is 6.31. The largest absolute Gasteiger partial charge is 0.0844 e. The van der Waals surface area contributed by atoms with Crippen LogP contribution >= 0.6 is 11.6 Å². The van der Waals surface area contributed by atoms with Crippen molar-refractivity contribution in [3.05, 3.63) is 22.8 Å². The van der Waals surface area contributed by atoms with Crippen LogP contribution in [0.1, 0.15) is 34.1 Å². The molecule has 0 unspecified atom stereocenters. The molecule has 0 aliphatic carbocycles. The van der Waals surface area contributed by atoms with Crippen molar-refractivity contribution < 1.29 is 0 Å². The van der Waals surface area contributed by atoms with Crippen molar-refractivity contribution in [2.45, 2.75) is 34.1 Å². The zero-order valence-electron chi connectivity index (χ0n) is 7.82. The van der Waals surface area contributed by atoms with E-state index in [0.717, 1.165) is 11.5 Å². The zero-order chi connectivity index (χ0) is 8.85. The summed E-state index contributed by atoms with van der Waals surface area (Å²) in [6, 6.07) is 0. The summed E-state index contributed by atoms with van der Waals surface area (Å²) >= 11 is 6.00. The standard InChI is InChI=1S/C10H17Cl/c1-5-7-9(8(3)4)10(11)6-2/h6-8H,5H2,1-4H3/b9-7-,10-6+. The molecule has 0 nitrogen and oxygen atoms in total. The molecule has 0 aromatic heterocycles. The molecule has 0 amide bonds. The maximum atomic E-state index is 6.00. The molecule has 0 aromatic rings. The minimum Gasteiger partial charge on any atom is -0.0844 e. The molecular formula is C10H17Cl. The van der Waals surface area contributed by atoms with E-state index < -0.39 is 0 Å². The molecule has 0 saturated heterocycles. The van der Waals surface area contributed by atoms with Gasteiger partial charge in [0.25, 0.3) is 0 Å². The lowest BCUT2D eigenvalue weighted by Gasteiger charge is -2.09. The normalized spacial score (nSPS) is 14.4. The summed E-state index contributed by atoms with van der Waals surface area (Å²) < 4.78 is 0. The molecule has 0 aromatic carbocycles. The predicted molar refractivity (Wildman–Crippen MR) is 52.8 cm³/mol. The molecule has 0 bridgehead atoms. The molecular weight excluding hydrogens is 156 g/mol. The Hall–Kier alpha value is -0.230. The van der Waals surface area contributed by atoms with Crippen LogP contribution < -0.4 is 0 Å². The van der Waals surface area contributed by atoms with Crippen LogP contribution in [0.2, 0.25) is 0 Å². The summed E-state index contributed by atoms with van der Waals surface area (Å²) in [5, 5.41) is 0.891. The average Bonchev–Trinajstić information content (AvgIpc) is 1.98. The van der Waals surface area contributed by atoms with Crippen LogP contribution in [0, 0.1) is 5.92 Å². The number of allylic oxidation sites excluding steroid dienone is 4. The highest BCUT2D eigenvalue weighted by Gasteiger charge is 2.04. The van der Waals surface area contributed by atoms with Gasteiger partial charge in [-0.2, -0.15) is 0 Å². The van der Waals surface area contributed by atoms with Crippen LogP contribution in [0.3, 0.4) is 0 Å². The van der Waals surface area contributed by atoms with Gasteiger partial charge in [-0.1, -0.05) is 44.5 Å². The van der Waals surface area contributed by atoms with Crippen LogP contribution in [0.4, 0.5) is 0 Å². The van der Waals surface area contributed by atoms with E-state index in [9.17, 15) is 0 Å². The van der Waals surface area contributed by atoms with Crippen molar-refractivity contribution in [1.82, 2.24) is 0 Å². The van der Waals surface area contributed by atoms with Gasteiger partial charge in [-0.25, -0.2) is 0 Å². The Morgan fingerprint density at radius 3 is 2.27 bits per heavy atom. The molecule has 0 spiro atoms. The van der Waals surface area contributed by atoms with E-state index in [-0.39, 0.29) is 0 Å². The first-order chi connectivity index (χ1) is 5.13. The summed E-state index contributed by atoms with van der Waals surface area (Å²) in [5.41, 5.74) is 1.26. The molecule has 0 fully saturated rings. The Balaban J connectivity index is 4.48. The third-order valence-electron chi connectivity index (χ3n) is 1.58. The quantitative estimate of drug-likeness (QED) is 0.562. The van der Waals surface area contributed by atoms with Crippen molar-refractivity contribution in [3.63, 3.8) is 0 Å². The molecule has 0 radical (unpaired) electrons. The molecule has 0 heterocycles. The van der Waals surface area contributed by atoms with E-state index in [2.05, 4.69) is 26.8 Å². The lowest BCUT2D eigenvalue weighted by atomic mass is 10.0. The number of hydrogen-bond acceptors (Lipinski definition) is 0. The van der Waals surface area contributed by atoms with Gasteiger partial charge in [0.05, 0.1) is 0 Å². The lowest BCUT2D eigenvalue weighted by Crippen LogP contribution is -1.93. The fourth-order valence-corrected chi connectivity index (χ4v) is 1.29. The minimum absolute atomic E-state index is 0.527. The van der Waals surface area contributed by atoms with Crippen molar-refractivity contribution in [3.8, 4) is 0 Å². The number of hydrogen-bond donors (Lipinski definition) is 0. The van der Waals surface area contributed by atoms with Gasteiger partial charge in [0.2, 0.25) is 0 Å². The first-order valence-corrected chi connectivity index (χ1v) is 4.53. The average molecular weight is 173 g/mol. The third-order valence-corrected chi connectivity index (χ3v) is 2.01. The van der Waals surface area contributed by atoms with Gasteiger partial charge in [-0.3, -0.25) is 0 Å². The second kappa shape index (κ2) is 5.42. The van der Waals surface area contributed by atoms with Crippen LogP contribution in [-0.4, -0.2) is 0 Å². The number of halogens is 1. The Labute approximate surface area is 74.9 Å². The first kappa shape index (κ1) is 10.8. The lowest BCUT2D eigenvalue weighted by molar-refractivity contribution is 0.781. The molecule has 64 valence electrons. The molecule has 0 atom stereocenters. The van der Waals surface area contributed by atoms with E-state index in [1.807, 2.05) is 13.0 Å². The van der Waals surface area contributed by atoms with Crippen LogP contribution in [0.5, 0.6) is 0 Å². The van der Waals surface area contributed by atoms with Crippen LogP contribution in [0.15, 0.2) is 22.8 Å². The predicted octanol–water partition coefficient (Wildman–Crippen LogP) is 4.12. The second-order valence-corrected chi connectivity index (χ2v) is 3.27. The monoisotopic (exact) mass is 172 g/mol. The fourth-order valence-electron chi connectivity index (χ4n) is 0.996. The van der Waals surface area contributed by atoms with E-state index in [4.69, 9.17) is 11.6 Å². The summed E-state index contributed by atoms with van der Waals surface area (Å²) in [7, 11) is 0. The van der Waals surface area contributed by atoms with Gasteiger partial charge in [0.15, 0.2) is 0 Å². The van der Waals surface area contributed by atoms with Gasteiger partial charge >= 0.3 is 0 Å². The molecule has 1 heteroatoms. The molecule has 11 heavy (non-hydrogen) atoms. The van der Waals surface area contributed by atoms with Gasteiger partial charge < -0.3 is 0 Å². The summed E-state index contributed by atoms with van der Waals surface area (Å²) in [4.78, 5) is 0. The summed E-state index contributed by atoms with van der Waals surface area (Å²) in [5.74, 6) is 0.527. The summed E-state index contributed by atoms with van der Waals surface area (Å²) in [6.45, 7) is 8.41. The van der Waals surface area contributed by atoms with E-state index in [1.165, 1.54) is 5.57 Å². The van der Waals surface area contributed by atoms with Gasteiger partial charge in [-0.15, -0.1) is 0 Å². The Bertz CT molecular complexity index is 164. The van der Waals surface area contributed by atoms with Crippen LogP contribution in [0.25, 0.3) is 0 Å². The first-order valence-electron chi connectivity index (χ1n) is 4.15. The smallest absolute Gasteiger partial charge is 0.0394 e. The molecule has 0 aliphatic rings. The molecule has 0 saturated carbocycles. The van der Waals surface area contributed by atoms with Crippen molar-refractivity contribution >= 4 is 11.6 Å². The topological polar surface area (TPSA) is 0 Å². The van der Waals surface area contributed by atoms with Crippen molar-refractivity contribution in [2.75, 3.05) is 0 Å². The fraction of sp³-hybridized carbons (Fsp3) is 0.600. The van der Waals surface area contributed by atoms with Crippen molar-refractivity contribution in [1.29, 1.82) is 0 Å². The highest BCUT2D eigenvalue weighted by atomic mass is 35.5. The third kappa shape index (κ3) is 3.62. The van der Waals surface area contributed by atoms with Crippen LogP contribution in [-0.2, 0) is 0 Å². The Kier molecular flexibility index (Phi) is 5.31. The molecule has 0 N–H and O–H groups in total. The Morgan fingerprint density at radius 2 is 2.00 bits per heavy atom. The number of rotatable bonds is 3. The maximum absolute atomic E-state index is 6.00.